The zero-order valence-corrected chi connectivity index (χ0v) is 13.1. The van der Waals surface area contributed by atoms with Crippen molar-refractivity contribution in [1.82, 2.24) is 20.1 Å². The molecule has 0 aromatic carbocycles. The van der Waals surface area contributed by atoms with Crippen LogP contribution in [0.4, 0.5) is 0 Å². The van der Waals surface area contributed by atoms with Gasteiger partial charge in [0.1, 0.15) is 5.82 Å². The summed E-state index contributed by atoms with van der Waals surface area (Å²) in [5, 5.41) is 18.3. The number of rotatable bonds is 4. The second kappa shape index (κ2) is 5.91. The molecule has 3 fully saturated rings. The molecule has 0 amide bonds. The van der Waals surface area contributed by atoms with Gasteiger partial charge in [0, 0.05) is 51.0 Å². The Morgan fingerprint density at radius 1 is 1.23 bits per heavy atom. The smallest absolute Gasteiger partial charge is 0.155 e. The average Bonchev–Trinajstić information content (AvgIpc) is 3.25. The van der Waals surface area contributed by atoms with Crippen LogP contribution in [-0.4, -0.2) is 63.6 Å². The third kappa shape index (κ3) is 3.19. The van der Waals surface area contributed by atoms with E-state index in [4.69, 9.17) is 9.72 Å². The van der Waals surface area contributed by atoms with Crippen LogP contribution in [-0.2, 0) is 4.74 Å². The molecule has 1 saturated carbocycles. The lowest BCUT2D eigenvalue weighted by Gasteiger charge is -2.39. The summed E-state index contributed by atoms with van der Waals surface area (Å²) in [6.45, 7) is 4.15. The highest BCUT2D eigenvalue weighted by Crippen LogP contribution is 2.38. The Kier molecular flexibility index (Phi) is 3.92. The Morgan fingerprint density at radius 2 is 2.05 bits per heavy atom. The lowest BCUT2D eigenvalue weighted by molar-refractivity contribution is -0.0825. The quantitative estimate of drug-likeness (QED) is 0.879. The molecule has 1 aliphatic carbocycles. The highest BCUT2D eigenvalue weighted by Gasteiger charge is 2.35. The lowest BCUT2D eigenvalue weighted by atomic mass is 9.91. The molecule has 4 rings (SSSR count). The third-order valence-corrected chi connectivity index (χ3v) is 5.30. The maximum Gasteiger partial charge on any atom is 0.155 e. The van der Waals surface area contributed by atoms with Gasteiger partial charge in [0.05, 0.1) is 5.60 Å². The van der Waals surface area contributed by atoms with Crippen molar-refractivity contribution in [1.29, 1.82) is 0 Å². The molecule has 2 saturated heterocycles. The van der Waals surface area contributed by atoms with Crippen molar-refractivity contribution < 1.29 is 9.84 Å². The van der Waals surface area contributed by atoms with E-state index < -0.39 is 5.60 Å². The van der Waals surface area contributed by atoms with Crippen molar-refractivity contribution in [3.8, 4) is 0 Å². The van der Waals surface area contributed by atoms with Crippen molar-refractivity contribution >= 4 is 0 Å². The first-order valence-corrected chi connectivity index (χ1v) is 8.67. The second-order valence-corrected chi connectivity index (χ2v) is 7.26. The molecule has 22 heavy (non-hydrogen) atoms. The monoisotopic (exact) mass is 306 g/mol. The maximum atomic E-state index is 10.7. The van der Waals surface area contributed by atoms with E-state index in [9.17, 15) is 5.11 Å². The molecule has 0 bridgehead atoms. The molecule has 3 heterocycles. The van der Waals surface area contributed by atoms with Crippen LogP contribution < -0.4 is 0 Å². The van der Waals surface area contributed by atoms with Gasteiger partial charge >= 0.3 is 0 Å². The molecule has 1 aromatic heterocycles. The number of piperidine rings is 1. The van der Waals surface area contributed by atoms with Crippen molar-refractivity contribution in [2.45, 2.75) is 56.0 Å². The van der Waals surface area contributed by atoms with Gasteiger partial charge in [-0.2, -0.15) is 5.10 Å². The molecule has 2 aliphatic heterocycles. The third-order valence-electron chi connectivity index (χ3n) is 5.30. The summed E-state index contributed by atoms with van der Waals surface area (Å²) in [6, 6.07) is 0. The van der Waals surface area contributed by atoms with Crippen LogP contribution in [0.1, 0.15) is 62.0 Å². The number of hydrogen-bond acceptors (Lipinski definition) is 5. The summed E-state index contributed by atoms with van der Waals surface area (Å²) in [5.41, 5.74) is -0.571. The van der Waals surface area contributed by atoms with Crippen LogP contribution in [0.25, 0.3) is 0 Å². The van der Waals surface area contributed by atoms with Crippen molar-refractivity contribution in [3.05, 3.63) is 11.6 Å². The van der Waals surface area contributed by atoms with Crippen LogP contribution in [0.5, 0.6) is 0 Å². The number of aliphatic hydroxyl groups is 1. The first kappa shape index (κ1) is 14.6. The molecule has 2 N–H and O–H groups in total. The molecule has 0 spiro atoms. The molecule has 1 aromatic rings. The van der Waals surface area contributed by atoms with Gasteiger partial charge in [-0.05, 0) is 32.2 Å². The van der Waals surface area contributed by atoms with Gasteiger partial charge in [-0.25, -0.2) is 4.98 Å². The van der Waals surface area contributed by atoms with E-state index in [1.165, 1.54) is 12.8 Å². The van der Waals surface area contributed by atoms with Crippen molar-refractivity contribution in [3.63, 3.8) is 0 Å². The summed E-state index contributed by atoms with van der Waals surface area (Å²) in [5.74, 6) is 3.09. The van der Waals surface area contributed by atoms with E-state index in [1.54, 1.807) is 0 Å². The number of β-amino-alcohol motifs (C(OH)–C–C–N with tert-alkyl or cyclic N) is 1. The minimum atomic E-state index is -0.571. The molecular formula is C16H26N4O2. The predicted molar refractivity (Wildman–Crippen MR) is 81.8 cm³/mol. The molecule has 1 unspecified atom stereocenters. The van der Waals surface area contributed by atoms with Gasteiger partial charge in [-0.15, -0.1) is 0 Å². The summed E-state index contributed by atoms with van der Waals surface area (Å²) < 4.78 is 5.37. The number of likely N-dealkylation sites (tertiary alicyclic amines) is 1. The zero-order valence-electron chi connectivity index (χ0n) is 13.1. The van der Waals surface area contributed by atoms with E-state index in [0.29, 0.717) is 25.0 Å². The van der Waals surface area contributed by atoms with Gasteiger partial charge < -0.3 is 9.84 Å². The van der Waals surface area contributed by atoms with E-state index in [0.717, 1.165) is 57.0 Å². The van der Waals surface area contributed by atoms with Crippen LogP contribution >= 0.6 is 0 Å². The predicted octanol–water partition coefficient (Wildman–Crippen LogP) is 1.40. The average molecular weight is 306 g/mol. The zero-order chi connectivity index (χ0) is 15.0. The Balaban J connectivity index is 1.38. The highest BCUT2D eigenvalue weighted by molar-refractivity contribution is 5.08. The van der Waals surface area contributed by atoms with Crippen LogP contribution in [0.15, 0.2) is 0 Å². The van der Waals surface area contributed by atoms with Gasteiger partial charge in [-0.1, -0.05) is 0 Å². The van der Waals surface area contributed by atoms with E-state index in [-0.39, 0.29) is 0 Å². The number of hydrogen-bond donors (Lipinski definition) is 2. The number of ether oxygens (including phenoxy) is 1. The van der Waals surface area contributed by atoms with Gasteiger partial charge in [0.2, 0.25) is 0 Å². The number of aromatic nitrogens is 3. The molecule has 0 radical (unpaired) electrons. The Bertz CT molecular complexity index is 508. The largest absolute Gasteiger partial charge is 0.388 e. The van der Waals surface area contributed by atoms with Crippen LogP contribution in [0, 0.1) is 0 Å². The number of nitrogens with one attached hydrogen (secondary N) is 1. The molecule has 1 atom stereocenters. The van der Waals surface area contributed by atoms with Gasteiger partial charge in [0.15, 0.2) is 5.82 Å². The fourth-order valence-electron chi connectivity index (χ4n) is 3.75. The first-order chi connectivity index (χ1) is 10.7. The van der Waals surface area contributed by atoms with E-state index in [1.807, 2.05) is 0 Å². The van der Waals surface area contributed by atoms with Crippen LogP contribution in [0.3, 0.4) is 0 Å². The molecular weight excluding hydrogens is 280 g/mol. The Labute approximate surface area is 131 Å². The topological polar surface area (TPSA) is 74.3 Å². The molecule has 3 aliphatic rings. The first-order valence-electron chi connectivity index (χ1n) is 8.67. The maximum absolute atomic E-state index is 10.7. The van der Waals surface area contributed by atoms with Crippen molar-refractivity contribution in [2.24, 2.45) is 0 Å². The minimum Gasteiger partial charge on any atom is -0.388 e. The number of aromatic amines is 1. The van der Waals surface area contributed by atoms with E-state index >= 15 is 0 Å². The fraction of sp³-hybridized carbons (Fsp3) is 0.875. The SMILES string of the molecule is OC1(CN2CCCC(c3n[nH]c(C4CC4)n3)C2)CCOCC1. The summed E-state index contributed by atoms with van der Waals surface area (Å²) in [7, 11) is 0. The molecule has 6 heteroatoms. The molecule has 6 nitrogen and oxygen atoms in total. The summed E-state index contributed by atoms with van der Waals surface area (Å²) >= 11 is 0. The van der Waals surface area contributed by atoms with Gasteiger partial charge in [-0.3, -0.25) is 10.00 Å². The molecule has 122 valence electrons. The normalized spacial score (nSPS) is 29.6. The Hall–Kier alpha value is -0.980. The standard InChI is InChI=1S/C16H26N4O2/c21-16(5-8-22-9-6-16)11-20-7-1-2-13(10-20)15-17-14(18-19-15)12-3-4-12/h12-13,21H,1-11H2,(H,17,18,19). The summed E-state index contributed by atoms with van der Waals surface area (Å²) in [4.78, 5) is 7.11. The second-order valence-electron chi connectivity index (χ2n) is 7.26. The van der Waals surface area contributed by atoms with Crippen LogP contribution in [0.2, 0.25) is 0 Å². The van der Waals surface area contributed by atoms with Crippen molar-refractivity contribution in [2.75, 3.05) is 32.8 Å². The minimum absolute atomic E-state index is 0.404. The highest BCUT2D eigenvalue weighted by atomic mass is 16.5. The summed E-state index contributed by atoms with van der Waals surface area (Å²) in [6.07, 6.45) is 6.31. The number of nitrogens with zero attached hydrogens (tertiary/aromatic N) is 3. The van der Waals surface area contributed by atoms with Gasteiger partial charge in [0.25, 0.3) is 0 Å². The fourth-order valence-corrected chi connectivity index (χ4v) is 3.75. The lowest BCUT2D eigenvalue weighted by Crippen LogP contribution is -2.49. The Morgan fingerprint density at radius 3 is 2.82 bits per heavy atom. The number of H-pyrrole nitrogens is 1. The van der Waals surface area contributed by atoms with E-state index in [2.05, 4.69) is 15.1 Å².